The molecule has 2 aromatic heterocycles. The van der Waals surface area contributed by atoms with E-state index in [0.29, 0.717) is 22.5 Å². The summed E-state index contributed by atoms with van der Waals surface area (Å²) in [6.45, 7) is 2.12. The standard InChI is InChI=1S/C17H17F3N4OS/c1-3-9-4-5-10-11(8-21)16(26-13(10)6-9)22-15(25)12-7-14(17(18,19)20)23-24(12)2/h7,9H,3-6H2,1-2H3,(H,22,25)/t9-/m0/s1. The molecule has 0 unspecified atom stereocenters. The number of thiophene rings is 1. The third kappa shape index (κ3) is 3.33. The molecular formula is C17H17F3N4OS. The van der Waals surface area contributed by atoms with E-state index in [0.717, 1.165) is 40.8 Å². The maximum absolute atomic E-state index is 12.8. The maximum Gasteiger partial charge on any atom is 0.435 e. The third-order valence-corrected chi connectivity index (χ3v) is 5.86. The van der Waals surface area contributed by atoms with Crippen LogP contribution in [0.15, 0.2) is 6.07 Å². The second-order valence-corrected chi connectivity index (χ2v) is 7.43. The van der Waals surface area contributed by atoms with E-state index in [4.69, 9.17) is 0 Å². The summed E-state index contributed by atoms with van der Waals surface area (Å²) >= 11 is 1.34. The number of halogens is 3. The van der Waals surface area contributed by atoms with Crippen LogP contribution in [0.2, 0.25) is 0 Å². The van der Waals surface area contributed by atoms with E-state index >= 15 is 0 Å². The molecule has 0 aliphatic heterocycles. The highest BCUT2D eigenvalue weighted by Crippen LogP contribution is 2.40. The van der Waals surface area contributed by atoms with E-state index in [1.165, 1.54) is 18.4 Å². The second kappa shape index (κ2) is 6.76. The van der Waals surface area contributed by atoms with Gasteiger partial charge < -0.3 is 5.32 Å². The predicted octanol–water partition coefficient (Wildman–Crippen LogP) is 4.14. The fraction of sp³-hybridized carbons (Fsp3) is 0.471. The molecule has 0 aromatic carbocycles. The SMILES string of the molecule is CC[C@H]1CCc2c(sc(NC(=O)c3cc(C(F)(F)F)nn3C)c2C#N)C1. The van der Waals surface area contributed by atoms with Crippen LogP contribution in [0.5, 0.6) is 0 Å². The van der Waals surface area contributed by atoms with Crippen molar-refractivity contribution in [1.82, 2.24) is 9.78 Å². The first kappa shape index (κ1) is 18.5. The summed E-state index contributed by atoms with van der Waals surface area (Å²) in [7, 11) is 1.28. The van der Waals surface area contributed by atoms with Gasteiger partial charge in [0.15, 0.2) is 5.69 Å². The van der Waals surface area contributed by atoms with Crippen LogP contribution >= 0.6 is 11.3 Å². The normalized spacial score (nSPS) is 16.8. The van der Waals surface area contributed by atoms with Crippen LogP contribution in [0.3, 0.4) is 0 Å². The second-order valence-electron chi connectivity index (χ2n) is 6.33. The summed E-state index contributed by atoms with van der Waals surface area (Å²) in [6, 6.07) is 2.84. The molecule has 0 saturated carbocycles. The van der Waals surface area contributed by atoms with Crippen molar-refractivity contribution in [2.45, 2.75) is 38.8 Å². The highest BCUT2D eigenvalue weighted by atomic mass is 32.1. The minimum Gasteiger partial charge on any atom is -0.311 e. The van der Waals surface area contributed by atoms with Crippen LogP contribution in [0.25, 0.3) is 0 Å². The van der Waals surface area contributed by atoms with Gasteiger partial charge in [-0.2, -0.15) is 23.5 Å². The summed E-state index contributed by atoms with van der Waals surface area (Å²) in [6.07, 6.45) is -0.918. The molecule has 1 aliphatic rings. The van der Waals surface area contributed by atoms with Crippen molar-refractivity contribution in [3.8, 4) is 6.07 Å². The molecule has 1 atom stereocenters. The van der Waals surface area contributed by atoms with Gasteiger partial charge in [0.2, 0.25) is 0 Å². The maximum atomic E-state index is 12.8. The van der Waals surface area contributed by atoms with Gasteiger partial charge in [0.05, 0.1) is 5.56 Å². The average molecular weight is 382 g/mol. The van der Waals surface area contributed by atoms with Crippen molar-refractivity contribution in [2.75, 3.05) is 5.32 Å². The van der Waals surface area contributed by atoms with Gasteiger partial charge in [0.25, 0.3) is 5.91 Å². The Labute approximate surface area is 152 Å². The number of hydrogen-bond donors (Lipinski definition) is 1. The molecule has 2 heterocycles. The van der Waals surface area contributed by atoms with Gasteiger partial charge in [-0.25, -0.2) is 0 Å². The van der Waals surface area contributed by atoms with Gasteiger partial charge in [-0.1, -0.05) is 13.3 Å². The third-order valence-electron chi connectivity index (χ3n) is 4.69. The predicted molar refractivity (Wildman–Crippen MR) is 91.0 cm³/mol. The number of nitriles is 1. The quantitative estimate of drug-likeness (QED) is 0.867. The lowest BCUT2D eigenvalue weighted by molar-refractivity contribution is -0.141. The van der Waals surface area contributed by atoms with Crippen LogP contribution < -0.4 is 5.32 Å². The lowest BCUT2D eigenvalue weighted by atomic mass is 9.86. The van der Waals surface area contributed by atoms with Crippen LogP contribution in [-0.4, -0.2) is 15.7 Å². The van der Waals surface area contributed by atoms with Crippen LogP contribution in [0.4, 0.5) is 18.2 Å². The van der Waals surface area contributed by atoms with Crippen LogP contribution in [0.1, 0.15) is 52.0 Å². The number of aromatic nitrogens is 2. The van der Waals surface area contributed by atoms with E-state index in [2.05, 4.69) is 23.4 Å². The van der Waals surface area contributed by atoms with Crippen molar-refractivity contribution in [3.63, 3.8) is 0 Å². The number of nitrogens with one attached hydrogen (secondary N) is 1. The first-order valence-corrected chi connectivity index (χ1v) is 9.03. The molecule has 1 N–H and O–H groups in total. The Hall–Kier alpha value is -2.34. The van der Waals surface area contributed by atoms with Gasteiger partial charge in [-0.15, -0.1) is 11.3 Å². The number of anilines is 1. The average Bonchev–Trinajstić information content (AvgIpc) is 3.13. The number of rotatable bonds is 3. The number of aryl methyl sites for hydroxylation is 1. The first-order valence-electron chi connectivity index (χ1n) is 8.21. The number of hydrogen-bond acceptors (Lipinski definition) is 4. The van der Waals surface area contributed by atoms with Crippen molar-refractivity contribution in [3.05, 3.63) is 33.5 Å². The Bertz CT molecular complexity index is 891. The Morgan fingerprint density at radius 1 is 1.54 bits per heavy atom. The lowest BCUT2D eigenvalue weighted by Crippen LogP contribution is -2.16. The van der Waals surface area contributed by atoms with Gasteiger partial charge in [0.1, 0.15) is 16.8 Å². The van der Waals surface area contributed by atoms with Gasteiger partial charge in [-0.05, 0) is 30.7 Å². The minimum absolute atomic E-state index is 0.209. The summed E-state index contributed by atoms with van der Waals surface area (Å²) in [5.74, 6) is -0.152. The van der Waals surface area contributed by atoms with Crippen molar-refractivity contribution in [1.29, 1.82) is 5.26 Å². The van der Waals surface area contributed by atoms with Crippen molar-refractivity contribution >= 4 is 22.2 Å². The zero-order valence-electron chi connectivity index (χ0n) is 14.3. The Morgan fingerprint density at radius 3 is 2.85 bits per heavy atom. The molecule has 0 bridgehead atoms. The summed E-state index contributed by atoms with van der Waals surface area (Å²) in [4.78, 5) is 13.5. The van der Waals surface area contributed by atoms with E-state index in [9.17, 15) is 23.2 Å². The molecule has 1 aliphatic carbocycles. The fourth-order valence-electron chi connectivity index (χ4n) is 3.19. The van der Waals surface area contributed by atoms with E-state index in [-0.39, 0.29) is 5.69 Å². The molecule has 0 radical (unpaired) electrons. The number of fused-ring (bicyclic) bond motifs is 1. The van der Waals surface area contributed by atoms with Crippen molar-refractivity contribution in [2.24, 2.45) is 13.0 Å². The number of carbonyl (C=O) groups is 1. The zero-order valence-corrected chi connectivity index (χ0v) is 15.1. The Kier molecular flexibility index (Phi) is 4.80. The first-order chi connectivity index (χ1) is 12.2. The number of nitrogens with zero attached hydrogens (tertiary/aromatic N) is 3. The van der Waals surface area contributed by atoms with Gasteiger partial charge in [-0.3, -0.25) is 9.48 Å². The molecule has 5 nitrogen and oxygen atoms in total. The number of amides is 1. The zero-order chi connectivity index (χ0) is 19.1. The van der Waals surface area contributed by atoms with E-state index in [1.807, 2.05) is 0 Å². The summed E-state index contributed by atoms with van der Waals surface area (Å²) in [5, 5.41) is 15.8. The topological polar surface area (TPSA) is 70.7 Å². The summed E-state index contributed by atoms with van der Waals surface area (Å²) in [5.41, 5.74) is 0.0468. The summed E-state index contributed by atoms with van der Waals surface area (Å²) < 4.78 is 39.2. The van der Waals surface area contributed by atoms with Gasteiger partial charge >= 0.3 is 6.18 Å². The Morgan fingerprint density at radius 2 is 2.27 bits per heavy atom. The molecule has 9 heteroatoms. The monoisotopic (exact) mass is 382 g/mol. The molecule has 26 heavy (non-hydrogen) atoms. The lowest BCUT2D eigenvalue weighted by Gasteiger charge is -2.20. The highest BCUT2D eigenvalue weighted by molar-refractivity contribution is 7.16. The molecule has 0 fully saturated rings. The molecule has 0 saturated heterocycles. The molecule has 3 rings (SSSR count). The number of alkyl halides is 3. The van der Waals surface area contributed by atoms with E-state index in [1.54, 1.807) is 0 Å². The van der Waals surface area contributed by atoms with Crippen LogP contribution in [-0.2, 0) is 26.1 Å². The minimum atomic E-state index is -4.62. The number of carbonyl (C=O) groups excluding carboxylic acids is 1. The highest BCUT2D eigenvalue weighted by Gasteiger charge is 2.35. The molecule has 1 amide bonds. The largest absolute Gasteiger partial charge is 0.435 e. The molecule has 138 valence electrons. The van der Waals surface area contributed by atoms with Crippen molar-refractivity contribution < 1.29 is 18.0 Å². The molecular weight excluding hydrogens is 365 g/mol. The Balaban J connectivity index is 1.88. The smallest absolute Gasteiger partial charge is 0.311 e. The van der Waals surface area contributed by atoms with E-state index < -0.39 is 17.8 Å². The molecule has 2 aromatic rings. The van der Waals surface area contributed by atoms with Crippen LogP contribution in [0, 0.1) is 17.2 Å². The van der Waals surface area contributed by atoms with Gasteiger partial charge in [0, 0.05) is 18.0 Å². The fourth-order valence-corrected chi connectivity index (χ4v) is 4.50. The molecule has 0 spiro atoms.